The minimum absolute atomic E-state index is 0.154. The van der Waals surface area contributed by atoms with E-state index in [1.807, 2.05) is 12.1 Å². The second kappa shape index (κ2) is 3.69. The van der Waals surface area contributed by atoms with Gasteiger partial charge in [0.25, 0.3) is 5.91 Å². The van der Waals surface area contributed by atoms with E-state index in [0.717, 1.165) is 5.56 Å². The molecule has 0 aromatic heterocycles. The molecular weight excluding hydrogens is 190 g/mol. The van der Waals surface area contributed by atoms with Crippen LogP contribution in [0.25, 0.3) is 0 Å². The molecule has 3 heteroatoms. The maximum Gasteiger partial charge on any atom is 0.261 e. The fraction of sp³-hybridized carbons (Fsp3) is 0.167. The van der Waals surface area contributed by atoms with E-state index >= 15 is 0 Å². The zero-order valence-corrected chi connectivity index (χ0v) is 8.27. The van der Waals surface area contributed by atoms with Crippen molar-refractivity contribution in [1.29, 1.82) is 0 Å². The molecule has 0 aliphatic carbocycles. The van der Waals surface area contributed by atoms with Crippen LogP contribution in [0.2, 0.25) is 0 Å². The van der Waals surface area contributed by atoms with Crippen molar-refractivity contribution in [3.63, 3.8) is 0 Å². The first-order valence-corrected chi connectivity index (χ1v) is 4.77. The van der Waals surface area contributed by atoms with Gasteiger partial charge in [-0.2, -0.15) is 0 Å². The van der Waals surface area contributed by atoms with E-state index in [4.69, 9.17) is 0 Å². The summed E-state index contributed by atoms with van der Waals surface area (Å²) in [6.45, 7) is 3.82. The summed E-state index contributed by atoms with van der Waals surface area (Å²) in [4.78, 5) is 24.7. The fourth-order valence-electron chi connectivity index (χ4n) is 1.71. The number of benzene rings is 1. The second-order valence-corrected chi connectivity index (χ2v) is 3.43. The summed E-state index contributed by atoms with van der Waals surface area (Å²) in [7, 11) is 0. The van der Waals surface area contributed by atoms with Gasteiger partial charge in [-0.25, -0.2) is 0 Å². The Morgan fingerprint density at radius 1 is 1.33 bits per heavy atom. The Bertz CT molecular complexity index is 437. The van der Waals surface area contributed by atoms with Gasteiger partial charge in [0.1, 0.15) is 0 Å². The predicted octanol–water partition coefficient (Wildman–Crippen LogP) is 1.40. The molecule has 0 saturated heterocycles. The Morgan fingerprint density at radius 3 is 2.80 bits per heavy atom. The molecular formula is C12H11NO2. The van der Waals surface area contributed by atoms with Gasteiger partial charge >= 0.3 is 0 Å². The van der Waals surface area contributed by atoms with E-state index in [2.05, 4.69) is 6.58 Å². The van der Waals surface area contributed by atoms with Gasteiger partial charge in [-0.15, -0.1) is 6.58 Å². The number of hydrogen-bond donors (Lipinski definition) is 0. The first-order chi connectivity index (χ1) is 7.24. The highest BCUT2D eigenvalue weighted by Gasteiger charge is 2.29. The highest BCUT2D eigenvalue weighted by atomic mass is 16.2. The van der Waals surface area contributed by atoms with Crippen molar-refractivity contribution in [2.24, 2.45) is 0 Å². The first-order valence-electron chi connectivity index (χ1n) is 4.77. The molecule has 2 amide bonds. The smallest absolute Gasteiger partial charge is 0.261 e. The zero-order chi connectivity index (χ0) is 10.8. The summed E-state index contributed by atoms with van der Waals surface area (Å²) < 4.78 is 0. The maximum absolute atomic E-state index is 11.9. The third-order valence-electron chi connectivity index (χ3n) is 2.45. The minimum Gasteiger partial charge on any atom is -0.274 e. The molecule has 1 aromatic carbocycles. The van der Waals surface area contributed by atoms with Crippen LogP contribution in [0.15, 0.2) is 36.9 Å². The van der Waals surface area contributed by atoms with Crippen molar-refractivity contribution in [2.45, 2.75) is 6.42 Å². The lowest BCUT2D eigenvalue weighted by atomic mass is 9.99. The second-order valence-electron chi connectivity index (χ2n) is 3.43. The van der Waals surface area contributed by atoms with Gasteiger partial charge in [0, 0.05) is 12.1 Å². The van der Waals surface area contributed by atoms with Crippen molar-refractivity contribution < 1.29 is 9.59 Å². The number of amides is 2. The molecule has 0 saturated carbocycles. The number of imide groups is 1. The maximum atomic E-state index is 11.9. The molecule has 3 nitrogen and oxygen atoms in total. The van der Waals surface area contributed by atoms with Crippen LogP contribution in [-0.4, -0.2) is 23.3 Å². The van der Waals surface area contributed by atoms with Crippen molar-refractivity contribution in [3.8, 4) is 0 Å². The topological polar surface area (TPSA) is 37.4 Å². The van der Waals surface area contributed by atoms with Gasteiger partial charge in [-0.3, -0.25) is 14.5 Å². The van der Waals surface area contributed by atoms with E-state index < -0.39 is 0 Å². The molecule has 0 bridgehead atoms. The molecule has 15 heavy (non-hydrogen) atoms. The lowest BCUT2D eigenvalue weighted by Crippen LogP contribution is -2.42. The standard InChI is InChI=1S/C12H11NO2/c1-2-7-13-11(14)8-9-5-3-4-6-10(9)12(13)15/h2-6H,1,7-8H2. The number of carbonyl (C=O) groups is 2. The minimum atomic E-state index is -0.221. The predicted molar refractivity (Wildman–Crippen MR) is 56.4 cm³/mol. The number of rotatable bonds is 2. The number of nitrogens with zero attached hydrogens (tertiary/aromatic N) is 1. The van der Waals surface area contributed by atoms with E-state index in [1.165, 1.54) is 4.90 Å². The van der Waals surface area contributed by atoms with Crippen molar-refractivity contribution in [1.82, 2.24) is 4.90 Å². The van der Waals surface area contributed by atoms with Gasteiger partial charge in [0.05, 0.1) is 6.42 Å². The molecule has 0 N–H and O–H groups in total. The lowest BCUT2D eigenvalue weighted by Gasteiger charge is -2.25. The van der Waals surface area contributed by atoms with E-state index in [0.29, 0.717) is 12.0 Å². The van der Waals surface area contributed by atoms with Crippen molar-refractivity contribution >= 4 is 11.8 Å². The molecule has 76 valence electrons. The Kier molecular flexibility index (Phi) is 2.37. The van der Waals surface area contributed by atoms with Crippen LogP contribution >= 0.6 is 0 Å². The van der Waals surface area contributed by atoms with Gasteiger partial charge in [-0.1, -0.05) is 24.3 Å². The molecule has 1 aromatic rings. The van der Waals surface area contributed by atoms with E-state index in [-0.39, 0.29) is 18.4 Å². The van der Waals surface area contributed by atoms with Crippen LogP contribution in [0.3, 0.4) is 0 Å². The molecule has 0 atom stereocenters. The van der Waals surface area contributed by atoms with Crippen molar-refractivity contribution in [3.05, 3.63) is 48.0 Å². The van der Waals surface area contributed by atoms with Crippen LogP contribution in [0, 0.1) is 0 Å². The lowest BCUT2D eigenvalue weighted by molar-refractivity contribution is -0.127. The van der Waals surface area contributed by atoms with Crippen LogP contribution < -0.4 is 0 Å². The normalized spacial score (nSPS) is 15.1. The molecule has 1 heterocycles. The summed E-state index contributed by atoms with van der Waals surface area (Å²) in [6, 6.07) is 7.21. The van der Waals surface area contributed by atoms with Gasteiger partial charge in [-0.05, 0) is 11.6 Å². The third-order valence-corrected chi connectivity index (χ3v) is 2.45. The van der Waals surface area contributed by atoms with Crippen LogP contribution in [0.1, 0.15) is 15.9 Å². The van der Waals surface area contributed by atoms with E-state index in [1.54, 1.807) is 18.2 Å². The molecule has 0 fully saturated rings. The van der Waals surface area contributed by atoms with Crippen LogP contribution in [0.5, 0.6) is 0 Å². The average Bonchev–Trinajstić information content (AvgIpc) is 2.24. The summed E-state index contributed by atoms with van der Waals surface area (Å²) in [5.74, 6) is -0.375. The SMILES string of the molecule is C=CCN1C(=O)Cc2ccccc2C1=O. The van der Waals surface area contributed by atoms with Gasteiger partial charge in [0.2, 0.25) is 5.91 Å². The summed E-state index contributed by atoms with van der Waals surface area (Å²) in [5.41, 5.74) is 1.44. The molecule has 1 aliphatic rings. The van der Waals surface area contributed by atoms with Gasteiger partial charge in [0.15, 0.2) is 0 Å². The van der Waals surface area contributed by atoms with Gasteiger partial charge < -0.3 is 0 Å². The van der Waals surface area contributed by atoms with Crippen molar-refractivity contribution in [2.75, 3.05) is 6.54 Å². The molecule has 0 unspecified atom stereocenters. The summed E-state index contributed by atoms with van der Waals surface area (Å²) in [6.07, 6.45) is 1.86. The highest BCUT2D eigenvalue weighted by Crippen LogP contribution is 2.19. The molecule has 2 rings (SSSR count). The Balaban J connectivity index is 2.42. The Hall–Kier alpha value is -1.90. The largest absolute Gasteiger partial charge is 0.274 e. The number of carbonyl (C=O) groups excluding carboxylic acids is 2. The summed E-state index contributed by atoms with van der Waals surface area (Å²) >= 11 is 0. The number of fused-ring (bicyclic) bond motifs is 1. The third kappa shape index (κ3) is 1.56. The molecule has 0 spiro atoms. The Morgan fingerprint density at radius 2 is 2.07 bits per heavy atom. The van der Waals surface area contributed by atoms with Crippen LogP contribution in [0.4, 0.5) is 0 Å². The average molecular weight is 201 g/mol. The quantitative estimate of drug-likeness (QED) is 0.535. The Labute approximate surface area is 88.0 Å². The monoisotopic (exact) mass is 201 g/mol. The zero-order valence-electron chi connectivity index (χ0n) is 8.27. The first kappa shape index (κ1) is 9.65. The molecule has 0 radical (unpaired) electrons. The van der Waals surface area contributed by atoms with E-state index in [9.17, 15) is 9.59 Å². The highest BCUT2D eigenvalue weighted by molar-refractivity contribution is 6.09. The number of hydrogen-bond acceptors (Lipinski definition) is 2. The van der Waals surface area contributed by atoms with Crippen LogP contribution in [-0.2, 0) is 11.2 Å². The molecule has 1 aliphatic heterocycles. The fourth-order valence-corrected chi connectivity index (χ4v) is 1.71. The summed E-state index contributed by atoms with van der Waals surface area (Å²) in [5, 5.41) is 0.